The van der Waals surface area contributed by atoms with Crippen molar-refractivity contribution in [1.82, 2.24) is 14.4 Å². The van der Waals surface area contributed by atoms with Gasteiger partial charge in [0.2, 0.25) is 15.8 Å². The van der Waals surface area contributed by atoms with E-state index in [0.29, 0.717) is 15.8 Å². The zero-order valence-corrected chi connectivity index (χ0v) is 15.8. The van der Waals surface area contributed by atoms with Gasteiger partial charge in [0, 0.05) is 24.0 Å². The Balaban J connectivity index is 1.62. The summed E-state index contributed by atoms with van der Waals surface area (Å²) in [5.41, 5.74) is 0.731. The van der Waals surface area contributed by atoms with E-state index in [0.717, 1.165) is 33.3 Å². The molecule has 0 unspecified atom stereocenters. The Morgan fingerprint density at radius 3 is 2.59 bits per heavy atom. The number of benzene rings is 1. The molecule has 0 aliphatic carbocycles. The lowest BCUT2D eigenvalue weighted by molar-refractivity contribution is -0.159. The summed E-state index contributed by atoms with van der Waals surface area (Å²) in [7, 11) is -4.22. The average molecular weight is 451 g/mol. The number of alkyl halides is 3. The van der Waals surface area contributed by atoms with E-state index in [1.807, 2.05) is 0 Å². The van der Waals surface area contributed by atoms with Gasteiger partial charge in [-0.3, -0.25) is 0 Å². The van der Waals surface area contributed by atoms with Crippen LogP contribution in [0.5, 0.6) is 0 Å². The van der Waals surface area contributed by atoms with Gasteiger partial charge in [0.1, 0.15) is 16.5 Å². The predicted octanol–water partition coefficient (Wildman–Crippen LogP) is 3.84. The van der Waals surface area contributed by atoms with Crippen LogP contribution in [0.4, 0.5) is 22.0 Å². The Kier molecular flexibility index (Phi) is 4.70. The molecule has 154 valence electrons. The molecular weight excluding hydrogens is 441 g/mol. The van der Waals surface area contributed by atoms with Crippen LogP contribution < -0.4 is 0 Å². The van der Waals surface area contributed by atoms with Crippen molar-refractivity contribution in [2.45, 2.75) is 24.0 Å². The maximum atomic E-state index is 14.0. The molecule has 0 atom stereocenters. The summed E-state index contributed by atoms with van der Waals surface area (Å²) in [6, 6.07) is 3.77. The molecule has 0 radical (unpaired) electrons. The molecule has 1 aliphatic heterocycles. The van der Waals surface area contributed by atoms with Gasteiger partial charge in [0.15, 0.2) is 0 Å². The molecule has 0 amide bonds. The quantitative estimate of drug-likeness (QED) is 0.566. The van der Waals surface area contributed by atoms with Gasteiger partial charge in [-0.05, 0) is 30.2 Å². The molecule has 0 N–H and O–H groups in total. The Morgan fingerprint density at radius 2 is 1.93 bits per heavy atom. The van der Waals surface area contributed by atoms with E-state index in [1.165, 1.54) is 0 Å². The topological polar surface area (TPSA) is 76.3 Å². The van der Waals surface area contributed by atoms with Crippen molar-refractivity contribution >= 4 is 21.4 Å². The van der Waals surface area contributed by atoms with Gasteiger partial charge in [0.25, 0.3) is 0 Å². The molecule has 3 heterocycles. The van der Waals surface area contributed by atoms with E-state index >= 15 is 0 Å². The van der Waals surface area contributed by atoms with Gasteiger partial charge in [-0.15, -0.1) is 11.3 Å². The van der Waals surface area contributed by atoms with Gasteiger partial charge in [-0.25, -0.2) is 17.2 Å². The summed E-state index contributed by atoms with van der Waals surface area (Å²) in [6.07, 6.45) is -4.51. The second-order valence-electron chi connectivity index (χ2n) is 6.14. The second kappa shape index (κ2) is 6.85. The fourth-order valence-corrected chi connectivity index (χ4v) is 5.56. The molecule has 0 spiro atoms. The molecule has 1 aliphatic rings. The monoisotopic (exact) mass is 451 g/mol. The maximum Gasteiger partial charge on any atom is 0.471 e. The predicted molar refractivity (Wildman–Crippen MR) is 90.3 cm³/mol. The molecule has 0 saturated carbocycles. The van der Waals surface area contributed by atoms with Gasteiger partial charge in [0.05, 0.1) is 4.88 Å². The summed E-state index contributed by atoms with van der Waals surface area (Å²) in [5.74, 6) is -3.83. The van der Waals surface area contributed by atoms with Crippen LogP contribution in [-0.4, -0.2) is 29.4 Å². The van der Waals surface area contributed by atoms with Crippen molar-refractivity contribution in [1.29, 1.82) is 0 Å². The average Bonchev–Trinajstić information content (AvgIpc) is 3.27. The number of fused-ring (bicyclic) bond motifs is 1. The minimum atomic E-state index is -4.77. The first-order chi connectivity index (χ1) is 13.6. The molecule has 6 nitrogen and oxygen atoms in total. The summed E-state index contributed by atoms with van der Waals surface area (Å²) in [6.45, 7) is -0.0779. The molecule has 2 aromatic heterocycles. The molecule has 0 fully saturated rings. The molecular formula is C16H10F5N3O3S2. The van der Waals surface area contributed by atoms with Crippen LogP contribution in [0.2, 0.25) is 0 Å². The molecule has 0 bridgehead atoms. The van der Waals surface area contributed by atoms with Crippen molar-refractivity contribution in [3.63, 3.8) is 0 Å². The van der Waals surface area contributed by atoms with E-state index in [4.69, 9.17) is 0 Å². The summed E-state index contributed by atoms with van der Waals surface area (Å²) >= 11 is 1.02. The van der Waals surface area contributed by atoms with Crippen molar-refractivity contribution in [3.05, 3.63) is 52.2 Å². The first-order valence-corrected chi connectivity index (χ1v) is 10.3. The fourth-order valence-electron chi connectivity index (χ4n) is 2.87. The standard InChI is InChI=1S/C16H10F5N3O3S2/c17-9-1-2-13(10(18)6-9)29(25,26)24-4-3-8-5-11(28-12(8)7-24)14-22-15(27-23-14)16(19,20)21/h1-2,5-6H,3-4,7H2. The minimum Gasteiger partial charge on any atom is -0.329 e. The van der Waals surface area contributed by atoms with Gasteiger partial charge in [-0.2, -0.15) is 22.5 Å². The van der Waals surface area contributed by atoms with Crippen molar-refractivity contribution in [2.75, 3.05) is 6.54 Å². The van der Waals surface area contributed by atoms with Crippen LogP contribution in [0.1, 0.15) is 16.3 Å². The van der Waals surface area contributed by atoms with E-state index in [9.17, 15) is 30.4 Å². The lowest BCUT2D eigenvalue weighted by atomic mass is 10.1. The number of hydrogen-bond donors (Lipinski definition) is 0. The SMILES string of the molecule is O=S(=O)(c1ccc(F)cc1F)N1CCc2cc(-c3noc(C(F)(F)F)n3)sc2C1. The molecule has 29 heavy (non-hydrogen) atoms. The van der Waals surface area contributed by atoms with E-state index in [1.54, 1.807) is 6.07 Å². The zero-order valence-electron chi connectivity index (χ0n) is 14.2. The second-order valence-corrected chi connectivity index (χ2v) is 9.19. The number of hydrogen-bond acceptors (Lipinski definition) is 6. The Hall–Kier alpha value is -2.38. The third-order valence-corrected chi connectivity index (χ3v) is 7.28. The highest BCUT2D eigenvalue weighted by Crippen LogP contribution is 2.37. The highest BCUT2D eigenvalue weighted by Gasteiger charge is 2.39. The Bertz CT molecular complexity index is 1190. The van der Waals surface area contributed by atoms with Crippen LogP contribution in [0.15, 0.2) is 33.7 Å². The first kappa shape index (κ1) is 19.9. The number of halogens is 5. The normalized spacial score (nSPS) is 15.5. The third kappa shape index (κ3) is 3.65. The summed E-state index contributed by atoms with van der Waals surface area (Å²) in [5, 5.41) is 3.32. The zero-order chi connectivity index (χ0) is 21.0. The molecule has 1 aromatic carbocycles. The van der Waals surface area contributed by atoms with Crippen molar-refractivity contribution < 1.29 is 34.9 Å². The van der Waals surface area contributed by atoms with E-state index in [-0.39, 0.29) is 25.3 Å². The lowest BCUT2D eigenvalue weighted by Crippen LogP contribution is -2.35. The summed E-state index contributed by atoms with van der Waals surface area (Å²) < 4.78 is 95.6. The number of nitrogens with zero attached hydrogens (tertiary/aromatic N) is 3. The molecule has 3 aromatic rings. The fraction of sp³-hybridized carbons (Fsp3) is 0.250. The van der Waals surface area contributed by atoms with Crippen LogP contribution in [0.25, 0.3) is 10.7 Å². The van der Waals surface area contributed by atoms with Gasteiger partial charge < -0.3 is 4.52 Å². The van der Waals surface area contributed by atoms with Crippen LogP contribution >= 0.6 is 11.3 Å². The van der Waals surface area contributed by atoms with Gasteiger partial charge in [-0.1, -0.05) is 5.16 Å². The van der Waals surface area contributed by atoms with E-state index in [2.05, 4.69) is 14.7 Å². The van der Waals surface area contributed by atoms with Crippen LogP contribution in [0.3, 0.4) is 0 Å². The smallest absolute Gasteiger partial charge is 0.329 e. The Morgan fingerprint density at radius 1 is 1.17 bits per heavy atom. The third-order valence-electron chi connectivity index (χ3n) is 4.25. The molecule has 4 rings (SSSR count). The lowest BCUT2D eigenvalue weighted by Gasteiger charge is -2.26. The largest absolute Gasteiger partial charge is 0.471 e. The maximum absolute atomic E-state index is 14.0. The number of sulfonamides is 1. The van der Waals surface area contributed by atoms with Crippen molar-refractivity contribution in [3.8, 4) is 10.7 Å². The van der Waals surface area contributed by atoms with Crippen molar-refractivity contribution in [2.24, 2.45) is 0 Å². The number of aromatic nitrogens is 2. The first-order valence-electron chi connectivity index (χ1n) is 8.04. The van der Waals surface area contributed by atoms with Crippen LogP contribution in [0, 0.1) is 11.6 Å². The Labute approximate surface area is 164 Å². The van der Waals surface area contributed by atoms with Gasteiger partial charge >= 0.3 is 12.1 Å². The molecule has 13 heteroatoms. The number of rotatable bonds is 3. The highest BCUT2D eigenvalue weighted by molar-refractivity contribution is 7.89. The minimum absolute atomic E-state index is 0.0301. The summed E-state index contributed by atoms with van der Waals surface area (Å²) in [4.78, 5) is 3.53. The highest BCUT2D eigenvalue weighted by atomic mass is 32.2. The van der Waals surface area contributed by atoms with Crippen LogP contribution in [-0.2, 0) is 29.2 Å². The molecule has 0 saturated heterocycles. The number of thiophene rings is 1. The van der Waals surface area contributed by atoms with E-state index < -0.39 is 38.6 Å².